The van der Waals surface area contributed by atoms with E-state index in [1.807, 2.05) is 32.9 Å². The van der Waals surface area contributed by atoms with Crippen molar-refractivity contribution in [3.63, 3.8) is 0 Å². The second-order valence-corrected chi connectivity index (χ2v) is 6.13. The number of hydrogen-bond acceptors (Lipinski definition) is 4. The van der Waals surface area contributed by atoms with Gasteiger partial charge in [0.25, 0.3) is 0 Å². The maximum absolute atomic E-state index is 5.71. The molecule has 0 fully saturated rings. The van der Waals surface area contributed by atoms with Gasteiger partial charge in [0.1, 0.15) is 10.8 Å². The summed E-state index contributed by atoms with van der Waals surface area (Å²) >= 11 is 1.71. The van der Waals surface area contributed by atoms with Crippen LogP contribution in [-0.2, 0) is 6.54 Å². The average Bonchev–Trinajstić information content (AvgIpc) is 2.82. The largest absolute Gasteiger partial charge is 0.491 e. The number of benzene rings is 1. The number of rotatable bonds is 6. The quantitative estimate of drug-likeness (QED) is 0.870. The highest BCUT2D eigenvalue weighted by Gasteiger charge is 2.09. The summed E-state index contributed by atoms with van der Waals surface area (Å²) in [5.74, 6) is 0.928. The lowest BCUT2D eigenvalue weighted by Crippen LogP contribution is -2.18. The van der Waals surface area contributed by atoms with Crippen molar-refractivity contribution < 1.29 is 4.74 Å². The minimum absolute atomic E-state index is 0.204. The monoisotopic (exact) mass is 290 g/mol. The van der Waals surface area contributed by atoms with Crippen molar-refractivity contribution in [3.8, 4) is 5.75 Å². The number of nitrogens with one attached hydrogen (secondary N) is 1. The van der Waals surface area contributed by atoms with Crippen LogP contribution in [0.4, 0.5) is 0 Å². The SMILES string of the molecule is Cc1csc(C(C)NCc2cccc(OC(C)C)c2)n1. The molecule has 0 bridgehead atoms. The summed E-state index contributed by atoms with van der Waals surface area (Å²) in [5, 5.41) is 6.73. The zero-order chi connectivity index (χ0) is 14.5. The van der Waals surface area contributed by atoms with E-state index in [0.29, 0.717) is 0 Å². The Morgan fingerprint density at radius 2 is 2.10 bits per heavy atom. The van der Waals surface area contributed by atoms with Crippen LogP contribution in [0.3, 0.4) is 0 Å². The Hall–Kier alpha value is -1.39. The third-order valence-electron chi connectivity index (χ3n) is 2.89. The molecular weight excluding hydrogens is 268 g/mol. The minimum atomic E-state index is 0.204. The van der Waals surface area contributed by atoms with Crippen molar-refractivity contribution in [1.82, 2.24) is 10.3 Å². The summed E-state index contributed by atoms with van der Waals surface area (Å²) in [6.45, 7) is 9.07. The van der Waals surface area contributed by atoms with Gasteiger partial charge in [-0.1, -0.05) is 12.1 Å². The first-order valence-electron chi connectivity index (χ1n) is 6.95. The molecule has 0 amide bonds. The number of aryl methyl sites for hydroxylation is 1. The van der Waals surface area contributed by atoms with Crippen LogP contribution < -0.4 is 10.1 Å². The Labute approximate surface area is 125 Å². The van der Waals surface area contributed by atoms with Gasteiger partial charge in [-0.05, 0) is 45.4 Å². The van der Waals surface area contributed by atoms with Crippen LogP contribution in [0.5, 0.6) is 5.75 Å². The molecule has 4 heteroatoms. The van der Waals surface area contributed by atoms with Crippen LogP contribution in [-0.4, -0.2) is 11.1 Å². The highest BCUT2D eigenvalue weighted by Crippen LogP contribution is 2.19. The van der Waals surface area contributed by atoms with Crippen molar-refractivity contribution in [2.45, 2.75) is 46.4 Å². The number of nitrogens with zero attached hydrogens (tertiary/aromatic N) is 1. The summed E-state index contributed by atoms with van der Waals surface area (Å²) in [7, 11) is 0. The van der Waals surface area contributed by atoms with E-state index in [2.05, 4.69) is 34.7 Å². The Balaban J connectivity index is 1.93. The highest BCUT2D eigenvalue weighted by molar-refractivity contribution is 7.09. The van der Waals surface area contributed by atoms with E-state index in [1.54, 1.807) is 11.3 Å². The van der Waals surface area contributed by atoms with Crippen molar-refractivity contribution >= 4 is 11.3 Å². The van der Waals surface area contributed by atoms with E-state index < -0.39 is 0 Å². The number of hydrogen-bond donors (Lipinski definition) is 1. The molecule has 0 radical (unpaired) electrons. The molecule has 1 aromatic carbocycles. The standard InChI is InChI=1S/C16H22N2OS/c1-11(2)19-15-7-5-6-14(8-15)9-17-13(4)16-18-12(3)10-20-16/h5-8,10-11,13,17H,9H2,1-4H3. The molecule has 0 saturated heterocycles. The van der Waals surface area contributed by atoms with Gasteiger partial charge in [-0.25, -0.2) is 4.98 Å². The molecule has 20 heavy (non-hydrogen) atoms. The van der Waals surface area contributed by atoms with Crippen LogP contribution in [0, 0.1) is 6.92 Å². The third kappa shape index (κ3) is 4.32. The van der Waals surface area contributed by atoms with Gasteiger partial charge in [0.05, 0.1) is 12.1 Å². The van der Waals surface area contributed by atoms with Crippen molar-refractivity contribution in [1.29, 1.82) is 0 Å². The lowest BCUT2D eigenvalue weighted by atomic mass is 10.2. The molecule has 0 aliphatic heterocycles. The summed E-state index contributed by atoms with van der Waals surface area (Å²) < 4.78 is 5.71. The average molecular weight is 290 g/mol. The summed E-state index contributed by atoms with van der Waals surface area (Å²) in [6.07, 6.45) is 0.204. The van der Waals surface area contributed by atoms with Crippen LogP contribution in [0.25, 0.3) is 0 Å². The van der Waals surface area contributed by atoms with Gasteiger partial charge >= 0.3 is 0 Å². The second kappa shape index (κ2) is 6.86. The molecule has 1 atom stereocenters. The molecule has 1 aromatic heterocycles. The normalized spacial score (nSPS) is 12.7. The van der Waals surface area contributed by atoms with Crippen molar-refractivity contribution in [2.75, 3.05) is 0 Å². The van der Waals surface area contributed by atoms with Gasteiger partial charge in [0.2, 0.25) is 0 Å². The molecule has 2 rings (SSSR count). The molecule has 2 aromatic rings. The van der Waals surface area contributed by atoms with E-state index >= 15 is 0 Å². The molecule has 3 nitrogen and oxygen atoms in total. The van der Waals surface area contributed by atoms with E-state index in [-0.39, 0.29) is 12.1 Å². The predicted octanol–water partition coefficient (Wildman–Crippen LogP) is 4.09. The lowest BCUT2D eigenvalue weighted by Gasteiger charge is -2.13. The predicted molar refractivity (Wildman–Crippen MR) is 84.3 cm³/mol. The van der Waals surface area contributed by atoms with E-state index in [0.717, 1.165) is 23.0 Å². The molecular formula is C16H22N2OS. The Morgan fingerprint density at radius 3 is 2.75 bits per heavy atom. The molecule has 1 N–H and O–H groups in total. The zero-order valence-corrected chi connectivity index (χ0v) is 13.3. The fraction of sp³-hybridized carbons (Fsp3) is 0.438. The first-order chi connectivity index (χ1) is 9.54. The first-order valence-corrected chi connectivity index (χ1v) is 7.83. The Kier molecular flexibility index (Phi) is 5.15. The fourth-order valence-electron chi connectivity index (χ4n) is 1.93. The fourth-order valence-corrected chi connectivity index (χ4v) is 2.76. The third-order valence-corrected chi connectivity index (χ3v) is 4.04. The van der Waals surface area contributed by atoms with Crippen LogP contribution >= 0.6 is 11.3 Å². The van der Waals surface area contributed by atoms with Gasteiger partial charge in [-0.15, -0.1) is 11.3 Å². The van der Waals surface area contributed by atoms with E-state index in [1.165, 1.54) is 5.56 Å². The highest BCUT2D eigenvalue weighted by atomic mass is 32.1. The summed E-state index contributed by atoms with van der Waals surface area (Å²) in [5.41, 5.74) is 2.31. The summed E-state index contributed by atoms with van der Waals surface area (Å²) in [6, 6.07) is 8.50. The van der Waals surface area contributed by atoms with Crippen molar-refractivity contribution in [3.05, 3.63) is 45.9 Å². The number of ether oxygens (including phenoxy) is 1. The molecule has 0 aliphatic carbocycles. The molecule has 108 valence electrons. The zero-order valence-electron chi connectivity index (χ0n) is 12.5. The number of thiazole rings is 1. The minimum Gasteiger partial charge on any atom is -0.491 e. The van der Waals surface area contributed by atoms with Crippen LogP contribution in [0.15, 0.2) is 29.6 Å². The van der Waals surface area contributed by atoms with E-state index in [9.17, 15) is 0 Å². The Morgan fingerprint density at radius 1 is 1.30 bits per heavy atom. The molecule has 1 heterocycles. The number of aromatic nitrogens is 1. The lowest BCUT2D eigenvalue weighted by molar-refractivity contribution is 0.242. The van der Waals surface area contributed by atoms with E-state index in [4.69, 9.17) is 4.74 Å². The van der Waals surface area contributed by atoms with Gasteiger partial charge in [-0.2, -0.15) is 0 Å². The molecule has 0 aliphatic rings. The van der Waals surface area contributed by atoms with Gasteiger partial charge in [0.15, 0.2) is 0 Å². The maximum Gasteiger partial charge on any atom is 0.120 e. The first kappa shape index (κ1) is 15.0. The Bertz CT molecular complexity index is 551. The van der Waals surface area contributed by atoms with Gasteiger partial charge in [-0.3, -0.25) is 0 Å². The van der Waals surface area contributed by atoms with Crippen LogP contribution in [0.1, 0.15) is 43.1 Å². The van der Waals surface area contributed by atoms with Gasteiger partial charge < -0.3 is 10.1 Å². The molecule has 0 saturated carbocycles. The van der Waals surface area contributed by atoms with Crippen LogP contribution in [0.2, 0.25) is 0 Å². The molecule has 1 unspecified atom stereocenters. The smallest absolute Gasteiger partial charge is 0.120 e. The topological polar surface area (TPSA) is 34.1 Å². The second-order valence-electron chi connectivity index (χ2n) is 5.24. The van der Waals surface area contributed by atoms with Gasteiger partial charge in [0, 0.05) is 17.6 Å². The maximum atomic E-state index is 5.71. The molecule has 0 spiro atoms. The summed E-state index contributed by atoms with van der Waals surface area (Å²) in [4.78, 5) is 4.51. The van der Waals surface area contributed by atoms with Crippen molar-refractivity contribution in [2.24, 2.45) is 0 Å².